The van der Waals surface area contributed by atoms with E-state index in [0.29, 0.717) is 13.0 Å². The Morgan fingerprint density at radius 3 is 2.33 bits per heavy atom. The lowest BCUT2D eigenvalue weighted by Gasteiger charge is -2.26. The van der Waals surface area contributed by atoms with E-state index in [1.165, 1.54) is 4.90 Å². The van der Waals surface area contributed by atoms with Gasteiger partial charge in [0, 0.05) is 6.54 Å². The van der Waals surface area contributed by atoms with E-state index < -0.39 is 0 Å². The van der Waals surface area contributed by atoms with Crippen molar-refractivity contribution in [2.45, 2.75) is 18.9 Å². The molecular weight excluding hydrogens is 228 g/mol. The van der Waals surface area contributed by atoms with Gasteiger partial charge in [0.05, 0.1) is 17.9 Å². The molecule has 2 amide bonds. The summed E-state index contributed by atoms with van der Waals surface area (Å²) in [7, 11) is 0. The molecule has 0 aromatic heterocycles. The maximum absolute atomic E-state index is 12.0. The molecule has 1 saturated carbocycles. The summed E-state index contributed by atoms with van der Waals surface area (Å²) in [6, 6.07) is 9.65. The third-order valence-electron chi connectivity index (χ3n) is 3.85. The van der Waals surface area contributed by atoms with Crippen molar-refractivity contribution in [2.75, 3.05) is 6.54 Å². The maximum atomic E-state index is 12.0. The first kappa shape index (κ1) is 11.4. The summed E-state index contributed by atoms with van der Waals surface area (Å²) in [5.41, 5.74) is 6.84. The van der Waals surface area contributed by atoms with Crippen molar-refractivity contribution in [1.82, 2.24) is 4.90 Å². The van der Waals surface area contributed by atoms with Crippen molar-refractivity contribution >= 4 is 11.8 Å². The number of likely N-dealkylation sites (tertiary alicyclic amines) is 1. The van der Waals surface area contributed by atoms with Gasteiger partial charge in [-0.1, -0.05) is 30.3 Å². The van der Waals surface area contributed by atoms with Crippen LogP contribution in [0, 0.1) is 11.8 Å². The topological polar surface area (TPSA) is 63.4 Å². The Labute approximate surface area is 106 Å². The van der Waals surface area contributed by atoms with Crippen LogP contribution >= 0.6 is 0 Å². The maximum Gasteiger partial charge on any atom is 0.233 e. The molecule has 0 spiro atoms. The molecule has 1 aliphatic carbocycles. The summed E-state index contributed by atoms with van der Waals surface area (Å²) in [5.74, 6) is -0.114. The minimum Gasteiger partial charge on any atom is -0.328 e. The number of carbonyl (C=O) groups is 2. The predicted molar refractivity (Wildman–Crippen MR) is 66.4 cm³/mol. The zero-order valence-corrected chi connectivity index (χ0v) is 10.1. The number of hydrogen-bond acceptors (Lipinski definition) is 3. The van der Waals surface area contributed by atoms with Crippen LogP contribution in [0.5, 0.6) is 0 Å². The van der Waals surface area contributed by atoms with Gasteiger partial charge in [-0.25, -0.2) is 0 Å². The molecule has 1 aromatic carbocycles. The number of amides is 2. The number of nitrogens with zero attached hydrogens (tertiary/aromatic N) is 1. The number of hydrogen-bond donors (Lipinski definition) is 1. The van der Waals surface area contributed by atoms with E-state index >= 15 is 0 Å². The van der Waals surface area contributed by atoms with Crippen LogP contribution in [0.1, 0.15) is 12.0 Å². The monoisotopic (exact) mass is 244 g/mol. The van der Waals surface area contributed by atoms with Crippen LogP contribution < -0.4 is 5.73 Å². The molecule has 0 bridgehead atoms. The van der Waals surface area contributed by atoms with Crippen molar-refractivity contribution in [3.05, 3.63) is 35.9 Å². The van der Waals surface area contributed by atoms with Crippen molar-refractivity contribution in [2.24, 2.45) is 17.6 Å². The second-order valence-electron chi connectivity index (χ2n) is 5.07. The Morgan fingerprint density at radius 2 is 1.78 bits per heavy atom. The first-order valence-electron chi connectivity index (χ1n) is 6.33. The molecule has 18 heavy (non-hydrogen) atoms. The van der Waals surface area contributed by atoms with Gasteiger partial charge in [0.25, 0.3) is 0 Å². The first-order valence-corrected chi connectivity index (χ1v) is 6.33. The molecule has 2 N–H and O–H groups in total. The molecule has 1 saturated heterocycles. The molecule has 1 aromatic rings. The highest BCUT2D eigenvalue weighted by molar-refractivity contribution is 6.09. The van der Waals surface area contributed by atoms with Crippen molar-refractivity contribution in [3.8, 4) is 0 Å². The summed E-state index contributed by atoms with van der Waals surface area (Å²) in [4.78, 5) is 25.4. The average Bonchev–Trinajstić information content (AvgIpc) is 3.14. The third kappa shape index (κ3) is 1.73. The highest BCUT2D eigenvalue weighted by Gasteiger charge is 2.59. The minimum absolute atomic E-state index is 0.0172. The molecule has 0 radical (unpaired) electrons. The van der Waals surface area contributed by atoms with Gasteiger partial charge in [-0.2, -0.15) is 0 Å². The molecule has 3 unspecified atom stereocenters. The van der Waals surface area contributed by atoms with Crippen LogP contribution in [0.15, 0.2) is 30.3 Å². The largest absolute Gasteiger partial charge is 0.328 e. The number of carbonyl (C=O) groups excluding carboxylic acids is 2. The minimum atomic E-state index is -0.194. The van der Waals surface area contributed by atoms with E-state index in [2.05, 4.69) is 0 Å². The molecule has 94 valence electrons. The summed E-state index contributed by atoms with van der Waals surface area (Å²) < 4.78 is 0. The molecule has 3 atom stereocenters. The molecule has 4 heteroatoms. The zero-order chi connectivity index (χ0) is 12.7. The van der Waals surface area contributed by atoms with Gasteiger partial charge in [0.2, 0.25) is 11.8 Å². The van der Waals surface area contributed by atoms with Gasteiger partial charge < -0.3 is 5.73 Å². The molecule has 1 heterocycles. The number of piperidine rings is 1. The van der Waals surface area contributed by atoms with E-state index in [0.717, 1.165) is 12.0 Å². The second-order valence-corrected chi connectivity index (χ2v) is 5.07. The normalized spacial score (nSPS) is 27.3. The average molecular weight is 244 g/mol. The summed E-state index contributed by atoms with van der Waals surface area (Å²) >= 11 is 0. The molecule has 3 rings (SSSR count). The number of nitrogens with two attached hydrogens (primary N) is 1. The molecular formula is C14H16N2O2. The van der Waals surface area contributed by atoms with Crippen molar-refractivity contribution in [1.29, 1.82) is 0 Å². The molecule has 1 aliphatic heterocycles. The van der Waals surface area contributed by atoms with Gasteiger partial charge in [-0.3, -0.25) is 14.5 Å². The van der Waals surface area contributed by atoms with Gasteiger partial charge in [0.1, 0.15) is 0 Å². The van der Waals surface area contributed by atoms with Crippen molar-refractivity contribution < 1.29 is 9.59 Å². The third-order valence-corrected chi connectivity index (χ3v) is 3.85. The van der Waals surface area contributed by atoms with Crippen LogP contribution in [0.2, 0.25) is 0 Å². The summed E-state index contributed by atoms with van der Waals surface area (Å²) in [6.07, 6.45) is 1.39. The van der Waals surface area contributed by atoms with Crippen LogP contribution in [0.25, 0.3) is 0 Å². The molecule has 2 fully saturated rings. The Kier molecular flexibility index (Phi) is 2.67. The fourth-order valence-corrected chi connectivity index (χ4v) is 2.73. The van der Waals surface area contributed by atoms with E-state index in [1.807, 2.05) is 30.3 Å². The summed E-state index contributed by atoms with van der Waals surface area (Å²) in [5, 5.41) is 0. The van der Waals surface area contributed by atoms with Gasteiger partial charge >= 0.3 is 0 Å². The van der Waals surface area contributed by atoms with Crippen LogP contribution in [-0.2, 0) is 16.0 Å². The van der Waals surface area contributed by atoms with Crippen LogP contribution in [0.4, 0.5) is 0 Å². The van der Waals surface area contributed by atoms with E-state index in [-0.39, 0.29) is 29.7 Å². The lowest BCUT2D eigenvalue weighted by Crippen LogP contribution is -2.47. The van der Waals surface area contributed by atoms with Gasteiger partial charge in [-0.05, 0) is 18.4 Å². The highest BCUT2D eigenvalue weighted by Crippen LogP contribution is 2.47. The number of rotatable bonds is 4. The quantitative estimate of drug-likeness (QED) is 0.787. The van der Waals surface area contributed by atoms with E-state index in [4.69, 9.17) is 5.73 Å². The first-order chi connectivity index (χ1) is 8.72. The Morgan fingerprint density at radius 1 is 1.17 bits per heavy atom. The fraction of sp³-hybridized carbons (Fsp3) is 0.429. The lowest BCUT2D eigenvalue weighted by molar-refractivity contribution is -0.143. The van der Waals surface area contributed by atoms with Crippen LogP contribution in [0.3, 0.4) is 0 Å². The summed E-state index contributed by atoms with van der Waals surface area (Å²) in [6.45, 7) is 0.325. The Balaban J connectivity index is 1.77. The standard InChI is InChI=1S/C14H16N2O2/c15-8-10(6-9-4-2-1-3-5-9)16-13(17)11-7-12(11)14(16)18/h1-5,10-12H,6-8,15H2. The lowest BCUT2D eigenvalue weighted by atomic mass is 10.0. The Hall–Kier alpha value is -1.68. The smallest absolute Gasteiger partial charge is 0.233 e. The fourth-order valence-electron chi connectivity index (χ4n) is 2.73. The highest BCUT2D eigenvalue weighted by atomic mass is 16.2. The second kappa shape index (κ2) is 4.21. The zero-order valence-electron chi connectivity index (χ0n) is 10.1. The van der Waals surface area contributed by atoms with E-state index in [1.54, 1.807) is 0 Å². The predicted octanol–water partition coefficient (Wildman–Crippen LogP) is 0.561. The molecule has 2 aliphatic rings. The Bertz CT molecular complexity index is 466. The van der Waals surface area contributed by atoms with E-state index in [9.17, 15) is 9.59 Å². The number of fused-ring (bicyclic) bond motifs is 1. The van der Waals surface area contributed by atoms with Gasteiger partial charge in [-0.15, -0.1) is 0 Å². The number of imide groups is 1. The molecule has 4 nitrogen and oxygen atoms in total. The SMILES string of the molecule is NCC(Cc1ccccc1)N1C(=O)C2CC2C1=O. The van der Waals surface area contributed by atoms with Crippen LogP contribution in [-0.4, -0.2) is 29.3 Å². The van der Waals surface area contributed by atoms with Gasteiger partial charge in [0.15, 0.2) is 0 Å². The number of benzene rings is 1. The van der Waals surface area contributed by atoms with Crippen molar-refractivity contribution in [3.63, 3.8) is 0 Å².